The number of hydrogen-bond donors (Lipinski definition) is 0. The van der Waals surface area contributed by atoms with E-state index >= 15 is 0 Å². The second-order valence-electron chi connectivity index (χ2n) is 6.58. The highest BCUT2D eigenvalue weighted by molar-refractivity contribution is 7.96. The van der Waals surface area contributed by atoms with Crippen LogP contribution in [0.15, 0.2) is 18.2 Å². The van der Waals surface area contributed by atoms with Gasteiger partial charge < -0.3 is 4.90 Å². The van der Waals surface area contributed by atoms with Gasteiger partial charge in [0, 0.05) is 31.9 Å². The molecule has 1 heterocycles. The van der Waals surface area contributed by atoms with Gasteiger partial charge in [-0.1, -0.05) is 38.8 Å². The Hall–Kier alpha value is -0.880. The van der Waals surface area contributed by atoms with E-state index in [-0.39, 0.29) is 5.41 Å². The summed E-state index contributed by atoms with van der Waals surface area (Å²) in [7, 11) is 0. The summed E-state index contributed by atoms with van der Waals surface area (Å²) >= 11 is 1.64. The van der Waals surface area contributed by atoms with Crippen LogP contribution < -0.4 is 4.90 Å². The van der Waals surface area contributed by atoms with Crippen LogP contribution in [0.1, 0.15) is 31.9 Å². The number of benzene rings is 1. The van der Waals surface area contributed by atoms with Crippen molar-refractivity contribution >= 4 is 17.6 Å². The predicted molar refractivity (Wildman–Crippen MR) is 87.4 cm³/mol. The van der Waals surface area contributed by atoms with E-state index < -0.39 is 11.7 Å². The summed E-state index contributed by atoms with van der Waals surface area (Å²) in [5.41, 5.74) is 0.209. The van der Waals surface area contributed by atoms with E-state index in [9.17, 15) is 13.2 Å². The van der Waals surface area contributed by atoms with Gasteiger partial charge in [-0.05, 0) is 29.4 Å². The minimum absolute atomic E-state index is 0.296. The fourth-order valence-corrected chi connectivity index (χ4v) is 3.15. The van der Waals surface area contributed by atoms with Crippen molar-refractivity contribution in [2.75, 3.05) is 37.3 Å². The second-order valence-corrected chi connectivity index (χ2v) is 7.46. The van der Waals surface area contributed by atoms with Gasteiger partial charge >= 0.3 is 6.18 Å². The number of alkyl halides is 3. The molecule has 1 aliphatic heterocycles. The Morgan fingerprint density at radius 3 is 2.05 bits per heavy atom. The summed E-state index contributed by atoms with van der Waals surface area (Å²) in [6.07, 6.45) is -2.33. The third-order valence-corrected chi connectivity index (χ3v) is 4.89. The Labute approximate surface area is 134 Å². The van der Waals surface area contributed by atoms with Crippen molar-refractivity contribution in [2.24, 2.45) is 0 Å². The van der Waals surface area contributed by atoms with Crippen LogP contribution in [0.4, 0.5) is 18.9 Å². The molecular weight excluding hydrogens is 309 g/mol. The second kappa shape index (κ2) is 6.32. The first kappa shape index (κ1) is 17.5. The van der Waals surface area contributed by atoms with Gasteiger partial charge in [-0.25, -0.2) is 4.31 Å². The summed E-state index contributed by atoms with van der Waals surface area (Å²) < 4.78 is 42.6. The molecule has 0 spiro atoms. The lowest BCUT2D eigenvalue weighted by Gasteiger charge is -2.36. The topological polar surface area (TPSA) is 6.48 Å². The SMILES string of the molecule is CSN1CCN(c2ccc(C(C)(C)C)cc2C(F)(F)F)CC1. The van der Waals surface area contributed by atoms with E-state index in [0.29, 0.717) is 24.3 Å². The molecule has 0 atom stereocenters. The first-order valence-electron chi connectivity index (χ1n) is 7.38. The fraction of sp³-hybridized carbons (Fsp3) is 0.625. The van der Waals surface area contributed by atoms with Gasteiger partial charge in [0.15, 0.2) is 0 Å². The highest BCUT2D eigenvalue weighted by Crippen LogP contribution is 2.39. The van der Waals surface area contributed by atoms with Crippen LogP contribution in [0, 0.1) is 0 Å². The molecule has 0 N–H and O–H groups in total. The Morgan fingerprint density at radius 1 is 1.00 bits per heavy atom. The quantitative estimate of drug-likeness (QED) is 0.741. The van der Waals surface area contributed by atoms with Crippen molar-refractivity contribution in [1.29, 1.82) is 0 Å². The maximum atomic E-state index is 13.5. The summed E-state index contributed by atoms with van der Waals surface area (Å²) in [5.74, 6) is 0. The van der Waals surface area contributed by atoms with E-state index in [4.69, 9.17) is 0 Å². The Kier molecular flexibility index (Phi) is 5.02. The third-order valence-electron chi connectivity index (χ3n) is 4.01. The predicted octanol–water partition coefficient (Wildman–Crippen LogP) is 4.40. The van der Waals surface area contributed by atoms with Gasteiger partial charge in [-0.3, -0.25) is 0 Å². The molecule has 0 aromatic heterocycles. The van der Waals surface area contributed by atoms with Crippen LogP contribution in [0.25, 0.3) is 0 Å². The van der Waals surface area contributed by atoms with Crippen LogP contribution in [-0.2, 0) is 11.6 Å². The van der Waals surface area contributed by atoms with Crippen molar-refractivity contribution in [3.63, 3.8) is 0 Å². The minimum Gasteiger partial charge on any atom is -0.368 e. The molecule has 1 aromatic rings. The zero-order valence-corrected chi connectivity index (χ0v) is 14.3. The zero-order chi connectivity index (χ0) is 16.5. The van der Waals surface area contributed by atoms with Gasteiger partial charge in [0.05, 0.1) is 5.56 Å². The molecule has 0 radical (unpaired) electrons. The fourth-order valence-electron chi connectivity index (χ4n) is 2.62. The molecule has 0 saturated carbocycles. The molecule has 1 aliphatic rings. The van der Waals surface area contributed by atoms with Gasteiger partial charge in [0.1, 0.15) is 0 Å². The smallest absolute Gasteiger partial charge is 0.368 e. The largest absolute Gasteiger partial charge is 0.418 e. The van der Waals surface area contributed by atoms with Gasteiger partial charge in [0.2, 0.25) is 0 Å². The summed E-state index contributed by atoms with van der Waals surface area (Å²) in [6, 6.07) is 4.78. The van der Waals surface area contributed by atoms with E-state index in [0.717, 1.165) is 13.1 Å². The van der Waals surface area contributed by atoms with Crippen molar-refractivity contribution in [3.05, 3.63) is 29.3 Å². The van der Waals surface area contributed by atoms with Crippen LogP contribution in [0.3, 0.4) is 0 Å². The lowest BCUT2D eigenvalue weighted by atomic mass is 9.85. The average Bonchev–Trinajstić information content (AvgIpc) is 2.45. The summed E-state index contributed by atoms with van der Waals surface area (Å²) in [5, 5.41) is 0. The maximum absolute atomic E-state index is 13.5. The molecule has 2 nitrogen and oxygen atoms in total. The van der Waals surface area contributed by atoms with E-state index in [1.54, 1.807) is 18.0 Å². The molecule has 0 unspecified atom stereocenters. The van der Waals surface area contributed by atoms with Gasteiger partial charge in [0.25, 0.3) is 0 Å². The molecule has 1 saturated heterocycles. The molecule has 2 rings (SSSR count). The number of nitrogens with zero attached hydrogens (tertiary/aromatic N) is 2. The van der Waals surface area contributed by atoms with Crippen LogP contribution in [0.5, 0.6) is 0 Å². The van der Waals surface area contributed by atoms with E-state index in [2.05, 4.69) is 4.31 Å². The van der Waals surface area contributed by atoms with Crippen LogP contribution in [-0.4, -0.2) is 36.7 Å². The third kappa shape index (κ3) is 3.90. The first-order chi connectivity index (χ1) is 10.1. The highest BCUT2D eigenvalue weighted by atomic mass is 32.2. The minimum atomic E-state index is -4.33. The van der Waals surface area contributed by atoms with Crippen LogP contribution >= 0.6 is 11.9 Å². The molecule has 6 heteroatoms. The lowest BCUT2D eigenvalue weighted by molar-refractivity contribution is -0.137. The standard InChI is InChI=1S/C16H23F3N2S/c1-15(2,3)12-5-6-14(13(11-12)16(17,18)19)20-7-9-21(22-4)10-8-20/h5-6,11H,7-10H2,1-4H3. The van der Waals surface area contributed by atoms with Crippen molar-refractivity contribution in [3.8, 4) is 0 Å². The monoisotopic (exact) mass is 332 g/mol. The Bertz CT molecular complexity index is 515. The van der Waals surface area contributed by atoms with Gasteiger partial charge in [-0.2, -0.15) is 13.2 Å². The number of rotatable bonds is 2. The molecule has 124 valence electrons. The van der Waals surface area contributed by atoms with Gasteiger partial charge in [-0.15, -0.1) is 0 Å². The number of hydrogen-bond acceptors (Lipinski definition) is 3. The van der Waals surface area contributed by atoms with Crippen molar-refractivity contribution in [2.45, 2.75) is 32.4 Å². The molecular formula is C16H23F3N2S. The Morgan fingerprint density at radius 2 is 1.59 bits per heavy atom. The maximum Gasteiger partial charge on any atom is 0.418 e. The lowest BCUT2D eigenvalue weighted by Crippen LogP contribution is -2.44. The van der Waals surface area contributed by atoms with Crippen LogP contribution in [0.2, 0.25) is 0 Å². The molecule has 1 fully saturated rings. The normalized spacial score (nSPS) is 17.9. The zero-order valence-electron chi connectivity index (χ0n) is 13.5. The van der Waals surface area contributed by atoms with Crippen molar-refractivity contribution in [1.82, 2.24) is 4.31 Å². The molecule has 1 aromatic carbocycles. The molecule has 0 amide bonds. The van der Waals surface area contributed by atoms with E-state index in [1.165, 1.54) is 6.07 Å². The first-order valence-corrected chi connectivity index (χ1v) is 8.57. The molecule has 22 heavy (non-hydrogen) atoms. The summed E-state index contributed by atoms with van der Waals surface area (Å²) in [6.45, 7) is 8.59. The number of anilines is 1. The van der Waals surface area contributed by atoms with Crippen molar-refractivity contribution < 1.29 is 13.2 Å². The number of halogens is 3. The molecule has 0 aliphatic carbocycles. The average molecular weight is 332 g/mol. The molecule has 0 bridgehead atoms. The number of piperazine rings is 1. The Balaban J connectivity index is 2.35. The van der Waals surface area contributed by atoms with E-state index in [1.807, 2.05) is 38.0 Å². The summed E-state index contributed by atoms with van der Waals surface area (Å²) in [4.78, 5) is 1.85. The highest BCUT2D eigenvalue weighted by Gasteiger charge is 2.36.